The average molecular weight is 223 g/mol. The van der Waals surface area contributed by atoms with E-state index in [2.05, 4.69) is 32.7 Å². The van der Waals surface area contributed by atoms with Crippen LogP contribution in [0.2, 0.25) is 0 Å². The maximum absolute atomic E-state index is 11.1. The fourth-order valence-electron chi connectivity index (χ4n) is 1.69. The van der Waals surface area contributed by atoms with Crippen LogP contribution in [0.5, 0.6) is 0 Å². The number of aryl methyl sites for hydroxylation is 1. The Balaban J connectivity index is 3.15. The van der Waals surface area contributed by atoms with Crippen molar-refractivity contribution in [3.05, 3.63) is 23.0 Å². The van der Waals surface area contributed by atoms with E-state index >= 15 is 0 Å². The summed E-state index contributed by atoms with van der Waals surface area (Å²) in [6.07, 6.45) is 2.73. The molecule has 0 radical (unpaired) electrons. The van der Waals surface area contributed by atoms with E-state index in [9.17, 15) is 4.79 Å². The normalized spacial score (nSPS) is 11.8. The van der Waals surface area contributed by atoms with Crippen molar-refractivity contribution < 1.29 is 9.90 Å². The number of nitrogens with one attached hydrogen (secondary N) is 1. The van der Waals surface area contributed by atoms with E-state index in [-0.39, 0.29) is 5.41 Å². The zero-order valence-electron chi connectivity index (χ0n) is 10.6. The van der Waals surface area contributed by atoms with Crippen LogP contribution < -0.4 is 0 Å². The number of aromatic nitrogens is 1. The van der Waals surface area contributed by atoms with Crippen LogP contribution in [0, 0.1) is 0 Å². The number of rotatable bonds is 5. The number of aromatic carboxylic acids is 1. The zero-order chi connectivity index (χ0) is 12.3. The van der Waals surface area contributed by atoms with Crippen LogP contribution >= 0.6 is 0 Å². The Kier molecular flexibility index (Phi) is 3.79. The second-order valence-electron chi connectivity index (χ2n) is 4.87. The highest BCUT2D eigenvalue weighted by atomic mass is 16.4. The monoisotopic (exact) mass is 223 g/mol. The molecular formula is C13H21NO2. The molecule has 0 saturated heterocycles. The summed E-state index contributed by atoms with van der Waals surface area (Å²) < 4.78 is 0. The van der Waals surface area contributed by atoms with E-state index in [0.717, 1.165) is 30.7 Å². The first kappa shape index (κ1) is 12.8. The van der Waals surface area contributed by atoms with Crippen molar-refractivity contribution in [3.63, 3.8) is 0 Å². The van der Waals surface area contributed by atoms with Crippen LogP contribution in [0.4, 0.5) is 0 Å². The molecule has 0 aliphatic rings. The van der Waals surface area contributed by atoms with Gasteiger partial charge in [0, 0.05) is 16.8 Å². The number of hydrogen-bond donors (Lipinski definition) is 2. The number of carbonyl (C=O) groups is 1. The van der Waals surface area contributed by atoms with Crippen molar-refractivity contribution in [1.82, 2.24) is 4.98 Å². The van der Waals surface area contributed by atoms with Crippen LogP contribution in [-0.2, 0) is 11.8 Å². The van der Waals surface area contributed by atoms with Crippen molar-refractivity contribution >= 4 is 5.97 Å². The molecule has 1 heterocycles. The summed E-state index contributed by atoms with van der Waals surface area (Å²) in [5.74, 6) is -0.835. The summed E-state index contributed by atoms with van der Waals surface area (Å²) in [7, 11) is 0. The third-order valence-electron chi connectivity index (χ3n) is 3.24. The van der Waals surface area contributed by atoms with E-state index < -0.39 is 5.97 Å². The molecule has 0 atom stereocenters. The van der Waals surface area contributed by atoms with Gasteiger partial charge >= 0.3 is 5.97 Å². The van der Waals surface area contributed by atoms with Gasteiger partial charge in [0.2, 0.25) is 0 Å². The lowest BCUT2D eigenvalue weighted by Gasteiger charge is -2.20. The first-order valence-corrected chi connectivity index (χ1v) is 5.88. The highest BCUT2D eigenvalue weighted by molar-refractivity contribution is 5.89. The fourth-order valence-corrected chi connectivity index (χ4v) is 1.69. The molecular weight excluding hydrogens is 202 g/mol. The summed E-state index contributed by atoms with van der Waals surface area (Å²) in [6, 6.07) is 1.79. The Morgan fingerprint density at radius 1 is 1.44 bits per heavy atom. The number of H-pyrrole nitrogens is 1. The summed E-state index contributed by atoms with van der Waals surface area (Å²) in [4.78, 5) is 14.4. The standard InChI is InChI=1S/C13H21NO2/c1-5-7-10-9(12(15)16)8-11(14-10)13(3,4)6-2/h8,14H,5-7H2,1-4H3,(H,15,16). The Bertz CT molecular complexity index is 377. The molecule has 1 rings (SSSR count). The first-order valence-electron chi connectivity index (χ1n) is 5.88. The molecule has 0 amide bonds. The minimum Gasteiger partial charge on any atom is -0.478 e. The molecule has 0 unspecified atom stereocenters. The molecule has 1 aromatic heterocycles. The number of carboxylic acids is 1. The maximum Gasteiger partial charge on any atom is 0.337 e. The predicted octanol–water partition coefficient (Wildman–Crippen LogP) is 3.35. The van der Waals surface area contributed by atoms with E-state index in [1.807, 2.05) is 0 Å². The van der Waals surface area contributed by atoms with Gasteiger partial charge in [-0.05, 0) is 18.9 Å². The van der Waals surface area contributed by atoms with Gasteiger partial charge in [-0.3, -0.25) is 0 Å². The van der Waals surface area contributed by atoms with Gasteiger partial charge < -0.3 is 10.1 Å². The Labute approximate surface area is 96.9 Å². The number of hydrogen-bond acceptors (Lipinski definition) is 1. The second-order valence-corrected chi connectivity index (χ2v) is 4.87. The van der Waals surface area contributed by atoms with Gasteiger partial charge in [0.25, 0.3) is 0 Å². The molecule has 3 nitrogen and oxygen atoms in total. The molecule has 0 aliphatic heterocycles. The molecule has 0 fully saturated rings. The van der Waals surface area contributed by atoms with E-state index in [4.69, 9.17) is 5.11 Å². The SMILES string of the molecule is CCCc1[nH]c(C(C)(C)CC)cc1C(=O)O. The quantitative estimate of drug-likeness (QED) is 0.804. The van der Waals surface area contributed by atoms with E-state index in [1.54, 1.807) is 6.07 Å². The van der Waals surface area contributed by atoms with Crippen molar-refractivity contribution in [2.75, 3.05) is 0 Å². The minimum absolute atomic E-state index is 0.0101. The van der Waals surface area contributed by atoms with Gasteiger partial charge in [0.15, 0.2) is 0 Å². The Morgan fingerprint density at radius 3 is 2.50 bits per heavy atom. The van der Waals surface area contributed by atoms with Crippen LogP contribution in [0.15, 0.2) is 6.07 Å². The predicted molar refractivity (Wildman–Crippen MR) is 65.1 cm³/mol. The summed E-state index contributed by atoms with van der Waals surface area (Å²) >= 11 is 0. The third kappa shape index (κ3) is 2.46. The molecule has 16 heavy (non-hydrogen) atoms. The lowest BCUT2D eigenvalue weighted by molar-refractivity contribution is 0.0696. The lowest BCUT2D eigenvalue weighted by Crippen LogP contribution is -2.15. The Morgan fingerprint density at radius 2 is 2.06 bits per heavy atom. The fraction of sp³-hybridized carbons (Fsp3) is 0.615. The zero-order valence-corrected chi connectivity index (χ0v) is 10.6. The van der Waals surface area contributed by atoms with Gasteiger partial charge in [-0.1, -0.05) is 34.1 Å². The van der Waals surface area contributed by atoms with Gasteiger partial charge in [0.1, 0.15) is 0 Å². The van der Waals surface area contributed by atoms with E-state index in [0.29, 0.717) is 5.56 Å². The van der Waals surface area contributed by atoms with Gasteiger partial charge in [-0.25, -0.2) is 4.79 Å². The van der Waals surface area contributed by atoms with Crippen molar-refractivity contribution in [1.29, 1.82) is 0 Å². The maximum atomic E-state index is 11.1. The summed E-state index contributed by atoms with van der Waals surface area (Å²) in [5.41, 5.74) is 2.32. The van der Waals surface area contributed by atoms with Crippen LogP contribution in [-0.4, -0.2) is 16.1 Å². The van der Waals surface area contributed by atoms with Crippen LogP contribution in [0.1, 0.15) is 62.3 Å². The van der Waals surface area contributed by atoms with Gasteiger partial charge in [-0.2, -0.15) is 0 Å². The molecule has 1 aromatic rings. The molecule has 0 aliphatic carbocycles. The highest BCUT2D eigenvalue weighted by Gasteiger charge is 2.23. The molecule has 0 saturated carbocycles. The number of aromatic amines is 1. The second kappa shape index (κ2) is 4.73. The Hall–Kier alpha value is -1.25. The minimum atomic E-state index is -0.835. The molecule has 3 heteroatoms. The largest absolute Gasteiger partial charge is 0.478 e. The van der Waals surface area contributed by atoms with Crippen molar-refractivity contribution in [2.45, 2.75) is 52.4 Å². The molecule has 90 valence electrons. The van der Waals surface area contributed by atoms with Crippen LogP contribution in [0.3, 0.4) is 0 Å². The van der Waals surface area contributed by atoms with Gasteiger partial charge in [0.05, 0.1) is 5.56 Å². The van der Waals surface area contributed by atoms with Gasteiger partial charge in [-0.15, -0.1) is 0 Å². The first-order chi connectivity index (χ1) is 7.42. The van der Waals surface area contributed by atoms with Crippen molar-refractivity contribution in [3.8, 4) is 0 Å². The average Bonchev–Trinajstić information content (AvgIpc) is 2.63. The molecule has 0 bridgehead atoms. The lowest BCUT2D eigenvalue weighted by atomic mass is 9.86. The number of carboxylic acid groups (broad SMARTS) is 1. The molecule has 0 spiro atoms. The molecule has 2 N–H and O–H groups in total. The van der Waals surface area contributed by atoms with E-state index in [1.165, 1.54) is 0 Å². The summed E-state index contributed by atoms with van der Waals surface area (Å²) in [5, 5.41) is 9.12. The van der Waals surface area contributed by atoms with Crippen molar-refractivity contribution in [2.24, 2.45) is 0 Å². The topological polar surface area (TPSA) is 53.1 Å². The third-order valence-corrected chi connectivity index (χ3v) is 3.24. The summed E-state index contributed by atoms with van der Waals surface area (Å²) in [6.45, 7) is 8.41. The highest BCUT2D eigenvalue weighted by Crippen LogP contribution is 2.28. The smallest absolute Gasteiger partial charge is 0.337 e. The molecule has 0 aromatic carbocycles. The van der Waals surface area contributed by atoms with Crippen LogP contribution in [0.25, 0.3) is 0 Å².